The first-order valence-electron chi connectivity index (χ1n) is 22.3. The van der Waals surface area contributed by atoms with Crippen LogP contribution in [0.15, 0.2) is 146 Å². The molecule has 61 heavy (non-hydrogen) atoms. The lowest BCUT2D eigenvalue weighted by atomic mass is 10.2. The molecule has 10 heteroatoms. The predicted molar refractivity (Wildman–Crippen MR) is 256 cm³/mol. The van der Waals surface area contributed by atoms with Crippen molar-refractivity contribution in [1.29, 1.82) is 0 Å². The first kappa shape index (κ1) is 56.9. The average Bonchev–Trinajstić information content (AvgIpc) is 3.25. The zero-order valence-corrected chi connectivity index (χ0v) is 38.2. The van der Waals surface area contributed by atoms with Crippen LogP contribution in [0.1, 0.15) is 129 Å². The fraction of sp³-hybridized carbons (Fsp3) is 0.490. The number of phosphoric ester groups is 1. The van der Waals surface area contributed by atoms with Crippen molar-refractivity contribution in [3.8, 4) is 0 Å². The fourth-order valence-corrected chi connectivity index (χ4v) is 5.69. The minimum absolute atomic E-state index is 0.0170. The molecule has 0 heterocycles. The standard InChI is InChI=1S/C51H78NO8P/c1-3-5-7-9-11-13-15-17-19-21-23-25-27-29-31-33-35-37-39-41-43-50(53)57-47-49(48-59-61(55,56)58-46-45-52)60-51(54)44-42-40-38-36-34-32-30-28-26-24-22-20-18-16-14-12-10-8-6-4-2/h9-12,15-18,21-24,27-30,33-36,39-42,49H,3-8,13-14,19-20,25-26,31-32,37-38,43-48,52H2,1-2H3,(H,55,56)/t49-/m1/s1. The second kappa shape index (κ2) is 45.4. The molecule has 2 atom stereocenters. The Kier molecular flexibility index (Phi) is 42.4. The van der Waals surface area contributed by atoms with Gasteiger partial charge in [0.15, 0.2) is 6.10 Å². The molecule has 0 spiro atoms. The first-order valence-corrected chi connectivity index (χ1v) is 23.8. The van der Waals surface area contributed by atoms with E-state index in [1.54, 1.807) is 12.2 Å². The van der Waals surface area contributed by atoms with Gasteiger partial charge in [0, 0.05) is 6.54 Å². The van der Waals surface area contributed by atoms with Crippen LogP contribution < -0.4 is 5.73 Å². The monoisotopic (exact) mass is 864 g/mol. The number of hydrogen-bond donors (Lipinski definition) is 2. The Morgan fingerprint density at radius 3 is 1.16 bits per heavy atom. The molecular formula is C51H78NO8P. The zero-order chi connectivity index (χ0) is 44.6. The van der Waals surface area contributed by atoms with Gasteiger partial charge in [-0.05, 0) is 77.0 Å². The molecule has 0 aliphatic rings. The maximum Gasteiger partial charge on any atom is 0.472 e. The molecule has 0 amide bonds. The van der Waals surface area contributed by atoms with Gasteiger partial charge in [-0.1, -0.05) is 185 Å². The molecule has 1 unspecified atom stereocenters. The Hall–Kier alpha value is -4.11. The Morgan fingerprint density at radius 1 is 0.492 bits per heavy atom. The molecule has 0 saturated heterocycles. The highest BCUT2D eigenvalue weighted by Gasteiger charge is 2.25. The summed E-state index contributed by atoms with van der Waals surface area (Å²) in [7, 11) is -4.44. The molecule has 0 saturated carbocycles. The Bertz CT molecular complexity index is 1490. The van der Waals surface area contributed by atoms with Crippen molar-refractivity contribution in [1.82, 2.24) is 0 Å². The van der Waals surface area contributed by atoms with Gasteiger partial charge >= 0.3 is 19.8 Å². The molecule has 0 aromatic heterocycles. The third-order valence-corrected chi connectivity index (χ3v) is 9.25. The van der Waals surface area contributed by atoms with Crippen molar-refractivity contribution in [3.63, 3.8) is 0 Å². The molecule has 0 bridgehead atoms. The summed E-state index contributed by atoms with van der Waals surface area (Å²) in [4.78, 5) is 34.8. The van der Waals surface area contributed by atoms with Gasteiger partial charge in [-0.15, -0.1) is 0 Å². The van der Waals surface area contributed by atoms with E-state index >= 15 is 0 Å². The van der Waals surface area contributed by atoms with Gasteiger partial charge in [0.1, 0.15) is 6.61 Å². The summed E-state index contributed by atoms with van der Waals surface area (Å²) < 4.78 is 32.5. The van der Waals surface area contributed by atoms with Gasteiger partial charge < -0.3 is 20.1 Å². The second-order valence-electron chi connectivity index (χ2n) is 13.9. The largest absolute Gasteiger partial charge is 0.472 e. The summed E-state index contributed by atoms with van der Waals surface area (Å²) in [5.41, 5.74) is 5.34. The number of ether oxygens (including phenoxy) is 2. The number of unbranched alkanes of at least 4 members (excludes halogenated alkanes) is 4. The number of nitrogens with two attached hydrogens (primary N) is 1. The molecule has 0 rings (SSSR count). The fourth-order valence-electron chi connectivity index (χ4n) is 4.93. The quantitative estimate of drug-likeness (QED) is 0.0268. The first-order chi connectivity index (χ1) is 29.8. The van der Waals surface area contributed by atoms with Crippen LogP contribution in [0.25, 0.3) is 0 Å². The van der Waals surface area contributed by atoms with E-state index in [-0.39, 0.29) is 32.6 Å². The molecule has 9 nitrogen and oxygen atoms in total. The van der Waals surface area contributed by atoms with E-state index in [0.29, 0.717) is 12.8 Å². The lowest BCUT2D eigenvalue weighted by molar-refractivity contribution is -0.160. The number of esters is 2. The van der Waals surface area contributed by atoms with Gasteiger partial charge in [0.05, 0.1) is 26.1 Å². The molecule has 0 aromatic rings. The lowest BCUT2D eigenvalue weighted by Crippen LogP contribution is -2.29. The normalized spacial score (nSPS) is 14.6. The van der Waals surface area contributed by atoms with E-state index in [1.807, 2.05) is 24.3 Å². The van der Waals surface area contributed by atoms with Crippen LogP contribution in [-0.2, 0) is 32.7 Å². The van der Waals surface area contributed by atoms with Crippen LogP contribution in [0.4, 0.5) is 0 Å². The zero-order valence-electron chi connectivity index (χ0n) is 37.3. The van der Waals surface area contributed by atoms with E-state index < -0.39 is 32.5 Å². The number of phosphoric acid groups is 1. The number of carbonyl (C=O) groups is 2. The summed E-state index contributed by atoms with van der Waals surface area (Å²) in [6, 6.07) is 0. The van der Waals surface area contributed by atoms with Crippen molar-refractivity contribution >= 4 is 19.8 Å². The number of rotatable bonds is 39. The Morgan fingerprint density at radius 2 is 0.820 bits per heavy atom. The molecule has 0 radical (unpaired) electrons. The van der Waals surface area contributed by atoms with Gasteiger partial charge in [-0.2, -0.15) is 0 Å². The number of hydrogen-bond acceptors (Lipinski definition) is 8. The van der Waals surface area contributed by atoms with Crippen LogP contribution in [0.5, 0.6) is 0 Å². The Balaban J connectivity index is 4.47. The van der Waals surface area contributed by atoms with E-state index in [0.717, 1.165) is 51.4 Å². The summed E-state index contributed by atoms with van der Waals surface area (Å²) in [5.74, 6) is -1.14. The molecule has 3 N–H and O–H groups in total. The maximum absolute atomic E-state index is 12.5. The Labute approximate surface area is 369 Å². The van der Waals surface area contributed by atoms with Crippen molar-refractivity contribution in [2.75, 3.05) is 26.4 Å². The molecule has 0 aliphatic carbocycles. The molecule has 0 aromatic carbocycles. The average molecular weight is 864 g/mol. The van der Waals surface area contributed by atoms with Gasteiger partial charge in [-0.25, -0.2) is 4.57 Å². The van der Waals surface area contributed by atoms with E-state index in [9.17, 15) is 19.0 Å². The van der Waals surface area contributed by atoms with Crippen molar-refractivity contribution in [3.05, 3.63) is 146 Å². The van der Waals surface area contributed by atoms with E-state index in [1.165, 1.54) is 38.5 Å². The van der Waals surface area contributed by atoms with Gasteiger partial charge in [-0.3, -0.25) is 18.6 Å². The highest BCUT2D eigenvalue weighted by molar-refractivity contribution is 7.47. The van der Waals surface area contributed by atoms with Crippen LogP contribution in [-0.4, -0.2) is 49.3 Å². The third-order valence-electron chi connectivity index (χ3n) is 8.26. The minimum Gasteiger partial charge on any atom is -0.461 e. The lowest BCUT2D eigenvalue weighted by Gasteiger charge is -2.19. The molecule has 0 fully saturated rings. The highest BCUT2D eigenvalue weighted by Crippen LogP contribution is 2.43. The summed E-state index contributed by atoms with van der Waals surface area (Å²) >= 11 is 0. The molecule has 340 valence electrons. The van der Waals surface area contributed by atoms with E-state index in [2.05, 4.69) is 123 Å². The summed E-state index contributed by atoms with van der Waals surface area (Å²) in [5, 5.41) is 0. The van der Waals surface area contributed by atoms with Gasteiger partial charge in [0.2, 0.25) is 0 Å². The SMILES string of the molecule is CCCCC=CCC=CCC=CCC=CCC=CCC=CCC(=O)OC[C@H](COP(=O)(O)OCCN)OC(=O)CC=CCC=CCC=CCC=CCC=CCC=CCCCC. The minimum atomic E-state index is -4.44. The van der Waals surface area contributed by atoms with Crippen LogP contribution in [0.3, 0.4) is 0 Å². The van der Waals surface area contributed by atoms with Crippen LogP contribution >= 0.6 is 7.82 Å². The topological polar surface area (TPSA) is 134 Å². The summed E-state index contributed by atoms with van der Waals surface area (Å²) in [6.45, 7) is 3.38. The van der Waals surface area contributed by atoms with Gasteiger partial charge in [0.25, 0.3) is 0 Å². The second-order valence-corrected chi connectivity index (χ2v) is 15.3. The van der Waals surface area contributed by atoms with Crippen LogP contribution in [0.2, 0.25) is 0 Å². The molecular weight excluding hydrogens is 786 g/mol. The predicted octanol–water partition coefficient (Wildman–Crippen LogP) is 13.3. The van der Waals surface area contributed by atoms with Crippen molar-refractivity contribution < 1.29 is 37.6 Å². The number of allylic oxidation sites excluding steroid dienone is 22. The number of carbonyl (C=O) groups excluding carboxylic acids is 2. The third kappa shape index (κ3) is 45.3. The van der Waals surface area contributed by atoms with Crippen molar-refractivity contribution in [2.24, 2.45) is 5.73 Å². The molecule has 0 aliphatic heterocycles. The van der Waals surface area contributed by atoms with Crippen LogP contribution in [0, 0.1) is 0 Å². The smallest absolute Gasteiger partial charge is 0.461 e. The van der Waals surface area contributed by atoms with E-state index in [4.69, 9.17) is 24.3 Å². The van der Waals surface area contributed by atoms with Crippen molar-refractivity contribution in [2.45, 2.75) is 136 Å². The highest BCUT2D eigenvalue weighted by atomic mass is 31.2. The maximum atomic E-state index is 12.5. The summed E-state index contributed by atoms with van der Waals surface area (Å²) in [6.07, 6.45) is 65.0.